The third-order valence-corrected chi connectivity index (χ3v) is 2.10. The molecular formula is C10H9ClF2O. The van der Waals surface area contributed by atoms with E-state index in [-0.39, 0.29) is 22.8 Å². The first-order valence-corrected chi connectivity index (χ1v) is 4.61. The Hall–Kier alpha value is -0.960. The van der Waals surface area contributed by atoms with Gasteiger partial charge in [0, 0.05) is 12.0 Å². The summed E-state index contributed by atoms with van der Waals surface area (Å²) in [5, 5.41) is -0.0395. The van der Waals surface area contributed by atoms with Gasteiger partial charge in [0.1, 0.15) is 0 Å². The number of benzene rings is 1. The van der Waals surface area contributed by atoms with Gasteiger partial charge >= 0.3 is 0 Å². The number of carbonyl (C=O) groups is 1. The maximum Gasteiger partial charge on any atom is 0.164 e. The van der Waals surface area contributed by atoms with Gasteiger partial charge in [-0.05, 0) is 18.6 Å². The number of ketones is 1. The minimum atomic E-state index is -1.05. The van der Waals surface area contributed by atoms with E-state index in [9.17, 15) is 13.6 Å². The highest BCUT2D eigenvalue weighted by Gasteiger charge is 2.13. The molecule has 1 nitrogen and oxygen atoms in total. The summed E-state index contributed by atoms with van der Waals surface area (Å²) in [6.45, 7) is 1.83. The van der Waals surface area contributed by atoms with Crippen LogP contribution in [0.15, 0.2) is 12.1 Å². The van der Waals surface area contributed by atoms with Gasteiger partial charge in [0.15, 0.2) is 17.4 Å². The largest absolute Gasteiger partial charge is 0.294 e. The van der Waals surface area contributed by atoms with Gasteiger partial charge in [0.05, 0.1) is 5.02 Å². The lowest BCUT2D eigenvalue weighted by Crippen LogP contribution is -2.01. The van der Waals surface area contributed by atoms with E-state index in [1.807, 2.05) is 6.92 Å². The Morgan fingerprint density at radius 3 is 2.50 bits per heavy atom. The van der Waals surface area contributed by atoms with Crippen LogP contribution in [0.1, 0.15) is 30.1 Å². The number of hydrogen-bond donors (Lipinski definition) is 0. The van der Waals surface area contributed by atoms with Crippen molar-refractivity contribution in [3.63, 3.8) is 0 Å². The third kappa shape index (κ3) is 2.29. The van der Waals surface area contributed by atoms with Gasteiger partial charge < -0.3 is 0 Å². The summed E-state index contributed by atoms with van der Waals surface area (Å²) in [5.41, 5.74) is 0.0485. The fraction of sp³-hybridized carbons (Fsp3) is 0.300. The van der Waals surface area contributed by atoms with E-state index in [1.165, 1.54) is 0 Å². The summed E-state index contributed by atoms with van der Waals surface area (Å²) in [5.74, 6) is -2.35. The van der Waals surface area contributed by atoms with Gasteiger partial charge in [-0.15, -0.1) is 0 Å². The number of halogens is 3. The molecule has 0 atom stereocenters. The van der Waals surface area contributed by atoms with Crippen LogP contribution in [0.5, 0.6) is 0 Å². The Morgan fingerprint density at radius 2 is 1.93 bits per heavy atom. The van der Waals surface area contributed by atoms with Crippen molar-refractivity contribution in [3.8, 4) is 0 Å². The topological polar surface area (TPSA) is 17.1 Å². The third-order valence-electron chi connectivity index (χ3n) is 1.79. The molecule has 0 bridgehead atoms. The molecule has 0 unspecified atom stereocenters. The highest BCUT2D eigenvalue weighted by molar-refractivity contribution is 6.33. The second-order valence-electron chi connectivity index (χ2n) is 2.92. The molecule has 0 aliphatic rings. The zero-order valence-electron chi connectivity index (χ0n) is 7.61. The normalized spacial score (nSPS) is 10.3. The fourth-order valence-corrected chi connectivity index (χ4v) is 1.35. The fourth-order valence-electron chi connectivity index (χ4n) is 1.10. The Morgan fingerprint density at radius 1 is 1.36 bits per heavy atom. The predicted octanol–water partition coefficient (Wildman–Crippen LogP) is 3.60. The van der Waals surface area contributed by atoms with Crippen LogP contribution in [0.3, 0.4) is 0 Å². The SMILES string of the molecule is CCCC(=O)c1cc(F)c(F)cc1Cl. The van der Waals surface area contributed by atoms with Crippen molar-refractivity contribution < 1.29 is 13.6 Å². The monoisotopic (exact) mass is 218 g/mol. The number of hydrogen-bond acceptors (Lipinski definition) is 1. The Balaban J connectivity index is 3.09. The van der Waals surface area contributed by atoms with Gasteiger partial charge in [-0.3, -0.25) is 4.79 Å². The lowest BCUT2D eigenvalue weighted by Gasteiger charge is -2.03. The van der Waals surface area contributed by atoms with Crippen molar-refractivity contribution in [2.24, 2.45) is 0 Å². The molecule has 0 aromatic heterocycles. The molecule has 0 aliphatic heterocycles. The molecule has 1 aromatic rings. The molecule has 76 valence electrons. The van der Waals surface area contributed by atoms with Crippen LogP contribution in [0.2, 0.25) is 5.02 Å². The predicted molar refractivity (Wildman–Crippen MR) is 50.6 cm³/mol. The van der Waals surface area contributed by atoms with E-state index in [4.69, 9.17) is 11.6 Å². The molecule has 0 heterocycles. The summed E-state index contributed by atoms with van der Waals surface area (Å²) in [7, 11) is 0. The molecule has 1 rings (SSSR count). The maximum atomic E-state index is 12.8. The summed E-state index contributed by atoms with van der Waals surface area (Å²) in [6.07, 6.45) is 0.930. The first kappa shape index (κ1) is 11.1. The van der Waals surface area contributed by atoms with E-state index in [0.717, 1.165) is 12.1 Å². The van der Waals surface area contributed by atoms with Crippen molar-refractivity contribution in [2.75, 3.05) is 0 Å². The van der Waals surface area contributed by atoms with Gasteiger partial charge in [-0.1, -0.05) is 18.5 Å². The van der Waals surface area contributed by atoms with E-state index in [0.29, 0.717) is 6.42 Å². The van der Waals surface area contributed by atoms with E-state index < -0.39 is 11.6 Å². The van der Waals surface area contributed by atoms with Crippen molar-refractivity contribution in [2.45, 2.75) is 19.8 Å². The second kappa shape index (κ2) is 4.51. The molecule has 0 fully saturated rings. The first-order chi connectivity index (χ1) is 6.56. The van der Waals surface area contributed by atoms with Crippen molar-refractivity contribution in [3.05, 3.63) is 34.4 Å². The molecule has 14 heavy (non-hydrogen) atoms. The molecule has 0 saturated heterocycles. The average Bonchev–Trinajstić information content (AvgIpc) is 2.11. The van der Waals surface area contributed by atoms with Crippen molar-refractivity contribution in [1.29, 1.82) is 0 Å². The number of carbonyl (C=O) groups excluding carboxylic acids is 1. The molecule has 0 spiro atoms. The van der Waals surface area contributed by atoms with Crippen molar-refractivity contribution >= 4 is 17.4 Å². The molecule has 0 amide bonds. The minimum absolute atomic E-state index is 0.0395. The zero-order valence-corrected chi connectivity index (χ0v) is 8.37. The van der Waals surface area contributed by atoms with Gasteiger partial charge in [0.2, 0.25) is 0 Å². The van der Waals surface area contributed by atoms with Crippen LogP contribution >= 0.6 is 11.6 Å². The van der Waals surface area contributed by atoms with Gasteiger partial charge in [0.25, 0.3) is 0 Å². The summed E-state index contributed by atoms with van der Waals surface area (Å²) < 4.78 is 25.4. The summed E-state index contributed by atoms with van der Waals surface area (Å²) >= 11 is 5.60. The number of rotatable bonds is 3. The lowest BCUT2D eigenvalue weighted by atomic mass is 10.1. The Labute approximate surface area is 85.7 Å². The minimum Gasteiger partial charge on any atom is -0.294 e. The van der Waals surface area contributed by atoms with Crippen LogP contribution in [-0.2, 0) is 0 Å². The molecule has 4 heteroatoms. The second-order valence-corrected chi connectivity index (χ2v) is 3.33. The molecule has 0 radical (unpaired) electrons. The van der Waals surface area contributed by atoms with Crippen LogP contribution in [0.25, 0.3) is 0 Å². The maximum absolute atomic E-state index is 12.8. The Kier molecular flexibility index (Phi) is 3.58. The van der Waals surface area contributed by atoms with Crippen LogP contribution in [0.4, 0.5) is 8.78 Å². The molecule has 0 aliphatic carbocycles. The highest BCUT2D eigenvalue weighted by atomic mass is 35.5. The van der Waals surface area contributed by atoms with E-state index in [1.54, 1.807) is 0 Å². The quantitative estimate of drug-likeness (QED) is 0.560. The van der Waals surface area contributed by atoms with Crippen LogP contribution in [-0.4, -0.2) is 5.78 Å². The van der Waals surface area contributed by atoms with E-state index in [2.05, 4.69) is 0 Å². The molecular weight excluding hydrogens is 210 g/mol. The molecule has 0 saturated carbocycles. The van der Waals surface area contributed by atoms with Crippen LogP contribution < -0.4 is 0 Å². The summed E-state index contributed by atoms with van der Waals surface area (Å²) in [6, 6.07) is 1.66. The Bertz CT molecular complexity index is 363. The molecule has 1 aromatic carbocycles. The van der Waals surface area contributed by atoms with Gasteiger partial charge in [-0.2, -0.15) is 0 Å². The smallest absolute Gasteiger partial charge is 0.164 e. The van der Waals surface area contributed by atoms with Crippen molar-refractivity contribution in [1.82, 2.24) is 0 Å². The first-order valence-electron chi connectivity index (χ1n) is 4.24. The standard InChI is InChI=1S/C10H9ClF2O/c1-2-3-10(14)6-4-8(12)9(13)5-7(6)11/h4-5H,2-3H2,1H3. The summed E-state index contributed by atoms with van der Waals surface area (Å²) in [4.78, 5) is 11.4. The zero-order chi connectivity index (χ0) is 10.7. The van der Waals surface area contributed by atoms with Gasteiger partial charge in [-0.25, -0.2) is 8.78 Å². The number of Topliss-reactive ketones (excluding diaryl/α,β-unsaturated/α-hetero) is 1. The van der Waals surface area contributed by atoms with Crippen LogP contribution in [0, 0.1) is 11.6 Å². The molecule has 0 N–H and O–H groups in total. The highest BCUT2D eigenvalue weighted by Crippen LogP contribution is 2.21. The lowest BCUT2D eigenvalue weighted by molar-refractivity contribution is 0.0981. The average molecular weight is 219 g/mol. The van der Waals surface area contributed by atoms with E-state index >= 15 is 0 Å².